The molecule has 1 aliphatic heterocycles. The van der Waals surface area contributed by atoms with E-state index in [0.29, 0.717) is 12.3 Å². The van der Waals surface area contributed by atoms with Gasteiger partial charge >= 0.3 is 0 Å². The van der Waals surface area contributed by atoms with Gasteiger partial charge in [0.15, 0.2) is 0 Å². The Morgan fingerprint density at radius 3 is 2.67 bits per heavy atom. The van der Waals surface area contributed by atoms with Crippen LogP contribution < -0.4 is 0 Å². The molecule has 0 saturated carbocycles. The van der Waals surface area contributed by atoms with Gasteiger partial charge in [0.05, 0.1) is 0 Å². The molecule has 0 N–H and O–H groups in total. The lowest BCUT2D eigenvalue weighted by atomic mass is 10.1. The molecular formula is C16H21NO. The fraction of sp³-hybridized carbons (Fsp3) is 0.438. The second-order valence-corrected chi connectivity index (χ2v) is 4.79. The quantitative estimate of drug-likeness (QED) is 0.574. The van der Waals surface area contributed by atoms with Crippen molar-refractivity contribution < 1.29 is 4.79 Å². The van der Waals surface area contributed by atoms with E-state index in [2.05, 4.69) is 36.4 Å². The molecule has 2 rings (SSSR count). The van der Waals surface area contributed by atoms with Crippen LogP contribution in [0.1, 0.15) is 31.2 Å². The van der Waals surface area contributed by atoms with Crippen molar-refractivity contribution in [1.29, 1.82) is 0 Å². The molecule has 0 atom stereocenters. The molecule has 0 bridgehead atoms. The molecule has 2 nitrogen and oxygen atoms in total. The average molecular weight is 243 g/mol. The van der Waals surface area contributed by atoms with Gasteiger partial charge in [-0.3, -0.25) is 4.79 Å². The first-order valence-electron chi connectivity index (χ1n) is 6.83. The predicted octanol–water partition coefficient (Wildman–Crippen LogP) is 3.19. The second-order valence-electron chi connectivity index (χ2n) is 4.79. The van der Waals surface area contributed by atoms with E-state index in [0.717, 1.165) is 38.8 Å². The van der Waals surface area contributed by atoms with E-state index in [9.17, 15) is 4.79 Å². The van der Waals surface area contributed by atoms with Crippen LogP contribution in [0.5, 0.6) is 0 Å². The highest BCUT2D eigenvalue weighted by atomic mass is 16.2. The minimum atomic E-state index is 0.312. The van der Waals surface area contributed by atoms with Gasteiger partial charge in [-0.2, -0.15) is 0 Å². The maximum absolute atomic E-state index is 11.9. The molecule has 0 unspecified atom stereocenters. The third-order valence-corrected chi connectivity index (χ3v) is 3.36. The van der Waals surface area contributed by atoms with Crippen LogP contribution >= 0.6 is 0 Å². The molecule has 1 amide bonds. The third kappa shape index (κ3) is 4.02. The van der Waals surface area contributed by atoms with Crippen LogP contribution in [-0.2, 0) is 11.2 Å². The van der Waals surface area contributed by atoms with E-state index in [1.165, 1.54) is 5.56 Å². The van der Waals surface area contributed by atoms with Gasteiger partial charge in [0.25, 0.3) is 0 Å². The zero-order chi connectivity index (χ0) is 12.6. The molecule has 18 heavy (non-hydrogen) atoms. The Labute approximate surface area is 109 Å². The summed E-state index contributed by atoms with van der Waals surface area (Å²) >= 11 is 0. The first kappa shape index (κ1) is 12.9. The number of carbonyl (C=O) groups is 1. The molecule has 0 spiro atoms. The molecule has 0 aliphatic carbocycles. The van der Waals surface area contributed by atoms with E-state index >= 15 is 0 Å². The molecule has 2 heteroatoms. The van der Waals surface area contributed by atoms with Gasteiger partial charge in [0.1, 0.15) is 0 Å². The number of benzene rings is 1. The number of aryl methyl sites for hydroxylation is 1. The highest BCUT2D eigenvalue weighted by Gasteiger charge is 2.12. The van der Waals surface area contributed by atoms with Crippen molar-refractivity contribution in [1.82, 2.24) is 4.90 Å². The standard InChI is InChI=1S/C16H21NO/c18-16(17-13-7-2-8-14-17)12-6-5-11-15-9-3-1-4-10-15/h1-4,7,9-10H,5-6,8,11-14H2. The molecule has 1 heterocycles. The lowest BCUT2D eigenvalue weighted by Gasteiger charge is -2.23. The van der Waals surface area contributed by atoms with Crippen LogP contribution in [-0.4, -0.2) is 23.9 Å². The van der Waals surface area contributed by atoms with Gasteiger partial charge in [-0.25, -0.2) is 0 Å². The summed E-state index contributed by atoms with van der Waals surface area (Å²) in [5.41, 5.74) is 1.37. The van der Waals surface area contributed by atoms with Crippen molar-refractivity contribution in [3.8, 4) is 0 Å². The Morgan fingerprint density at radius 1 is 1.11 bits per heavy atom. The van der Waals surface area contributed by atoms with E-state index < -0.39 is 0 Å². The highest BCUT2D eigenvalue weighted by molar-refractivity contribution is 5.76. The molecule has 0 fully saturated rings. The number of unbranched alkanes of at least 4 members (excludes halogenated alkanes) is 1. The summed E-state index contributed by atoms with van der Waals surface area (Å²) in [5, 5.41) is 0. The molecule has 0 aromatic heterocycles. The predicted molar refractivity (Wildman–Crippen MR) is 74.3 cm³/mol. The van der Waals surface area contributed by atoms with Crippen LogP contribution in [0.25, 0.3) is 0 Å². The lowest BCUT2D eigenvalue weighted by Crippen LogP contribution is -2.33. The third-order valence-electron chi connectivity index (χ3n) is 3.36. The Kier molecular flexibility index (Phi) is 5.00. The number of hydrogen-bond acceptors (Lipinski definition) is 1. The summed E-state index contributed by atoms with van der Waals surface area (Å²) in [5.74, 6) is 0.312. The monoisotopic (exact) mass is 243 g/mol. The summed E-state index contributed by atoms with van der Waals surface area (Å²) in [6, 6.07) is 10.5. The lowest BCUT2D eigenvalue weighted by molar-refractivity contribution is -0.130. The topological polar surface area (TPSA) is 20.3 Å². The molecule has 1 aliphatic rings. The van der Waals surface area contributed by atoms with Gasteiger partial charge in [-0.05, 0) is 31.2 Å². The van der Waals surface area contributed by atoms with Crippen molar-refractivity contribution >= 4 is 5.91 Å². The summed E-state index contributed by atoms with van der Waals surface area (Å²) < 4.78 is 0. The summed E-state index contributed by atoms with van der Waals surface area (Å²) in [4.78, 5) is 13.9. The average Bonchev–Trinajstić information content (AvgIpc) is 2.45. The maximum atomic E-state index is 11.9. The molecule has 0 saturated heterocycles. The largest absolute Gasteiger partial charge is 0.339 e. The first-order valence-corrected chi connectivity index (χ1v) is 6.83. The van der Waals surface area contributed by atoms with Crippen molar-refractivity contribution in [2.24, 2.45) is 0 Å². The highest BCUT2D eigenvalue weighted by Crippen LogP contribution is 2.09. The van der Waals surface area contributed by atoms with Crippen molar-refractivity contribution in [3.05, 3.63) is 48.0 Å². The zero-order valence-electron chi connectivity index (χ0n) is 10.8. The molecule has 96 valence electrons. The van der Waals surface area contributed by atoms with Crippen molar-refractivity contribution in [2.75, 3.05) is 13.1 Å². The summed E-state index contributed by atoms with van der Waals surface area (Å²) in [6.45, 7) is 1.70. The minimum Gasteiger partial charge on any atom is -0.339 e. The van der Waals surface area contributed by atoms with E-state index in [1.54, 1.807) is 0 Å². The first-order chi connectivity index (χ1) is 8.86. The van der Waals surface area contributed by atoms with Gasteiger partial charge in [-0.1, -0.05) is 42.5 Å². The maximum Gasteiger partial charge on any atom is 0.222 e. The Morgan fingerprint density at radius 2 is 1.94 bits per heavy atom. The molecule has 1 aromatic rings. The molecule has 0 radical (unpaired) electrons. The SMILES string of the molecule is O=C(CCCCc1ccccc1)N1CC=CCC1. The van der Waals surface area contributed by atoms with Gasteiger partial charge < -0.3 is 4.90 Å². The zero-order valence-corrected chi connectivity index (χ0v) is 10.8. The fourth-order valence-corrected chi connectivity index (χ4v) is 2.28. The van der Waals surface area contributed by atoms with E-state index in [1.807, 2.05) is 11.0 Å². The minimum absolute atomic E-state index is 0.312. The molecular weight excluding hydrogens is 222 g/mol. The van der Waals surface area contributed by atoms with Crippen LogP contribution in [0.3, 0.4) is 0 Å². The van der Waals surface area contributed by atoms with E-state index in [4.69, 9.17) is 0 Å². The number of carbonyl (C=O) groups excluding carboxylic acids is 1. The van der Waals surface area contributed by atoms with Crippen LogP contribution in [0.4, 0.5) is 0 Å². The second kappa shape index (κ2) is 7.00. The Bertz CT molecular complexity index is 397. The van der Waals surface area contributed by atoms with E-state index in [-0.39, 0.29) is 0 Å². The Balaban J connectivity index is 1.63. The number of amides is 1. The summed E-state index contributed by atoms with van der Waals surface area (Å²) in [7, 11) is 0. The fourth-order valence-electron chi connectivity index (χ4n) is 2.28. The molecule has 1 aromatic carbocycles. The van der Waals surface area contributed by atoms with Crippen LogP contribution in [0.2, 0.25) is 0 Å². The van der Waals surface area contributed by atoms with Crippen molar-refractivity contribution in [2.45, 2.75) is 32.1 Å². The summed E-state index contributed by atoms with van der Waals surface area (Å²) in [6.07, 6.45) is 9.11. The van der Waals surface area contributed by atoms with Gasteiger partial charge in [0, 0.05) is 19.5 Å². The van der Waals surface area contributed by atoms with Gasteiger partial charge in [-0.15, -0.1) is 0 Å². The van der Waals surface area contributed by atoms with Crippen molar-refractivity contribution in [3.63, 3.8) is 0 Å². The number of hydrogen-bond donors (Lipinski definition) is 0. The van der Waals surface area contributed by atoms with Gasteiger partial charge in [0.2, 0.25) is 5.91 Å². The normalized spacial score (nSPS) is 14.8. The number of rotatable bonds is 5. The Hall–Kier alpha value is -1.57. The van der Waals surface area contributed by atoms with Crippen LogP contribution in [0.15, 0.2) is 42.5 Å². The van der Waals surface area contributed by atoms with Crippen LogP contribution in [0, 0.1) is 0 Å². The number of nitrogens with zero attached hydrogens (tertiary/aromatic N) is 1. The smallest absolute Gasteiger partial charge is 0.222 e.